The van der Waals surface area contributed by atoms with Gasteiger partial charge in [0, 0.05) is 35.5 Å². The van der Waals surface area contributed by atoms with E-state index in [0.717, 1.165) is 16.7 Å². The van der Waals surface area contributed by atoms with Gasteiger partial charge in [0.05, 0.1) is 5.69 Å². The molecule has 0 radical (unpaired) electrons. The molecule has 0 spiro atoms. The Morgan fingerprint density at radius 3 is 2.79 bits per heavy atom. The molecular formula is C15H20BrN3. The fourth-order valence-electron chi connectivity index (χ4n) is 2.17. The zero-order valence-corrected chi connectivity index (χ0v) is 13.5. The molecule has 2 rings (SSSR count). The van der Waals surface area contributed by atoms with Gasteiger partial charge in [-0.1, -0.05) is 35.8 Å². The summed E-state index contributed by atoms with van der Waals surface area (Å²) in [5.74, 6) is 0.446. The lowest BCUT2D eigenvalue weighted by atomic mass is 10.1. The Hall–Kier alpha value is -1.29. The molecule has 1 N–H and O–H groups in total. The number of anilines is 1. The Labute approximate surface area is 123 Å². The number of nitrogens with one attached hydrogen (secondary N) is 1. The van der Waals surface area contributed by atoms with Crippen molar-refractivity contribution in [3.05, 3.63) is 45.7 Å². The summed E-state index contributed by atoms with van der Waals surface area (Å²) in [6.45, 7) is 7.27. The predicted molar refractivity (Wildman–Crippen MR) is 83.5 cm³/mol. The first-order valence-corrected chi connectivity index (χ1v) is 7.29. The summed E-state index contributed by atoms with van der Waals surface area (Å²) in [5, 5.41) is 8.03. The van der Waals surface area contributed by atoms with Gasteiger partial charge in [-0.2, -0.15) is 5.10 Å². The second-order valence-electron chi connectivity index (χ2n) is 5.13. The van der Waals surface area contributed by atoms with Crippen molar-refractivity contribution < 1.29 is 0 Å². The minimum atomic E-state index is 0.446. The van der Waals surface area contributed by atoms with Crippen molar-refractivity contribution in [2.75, 3.05) is 5.32 Å². The zero-order chi connectivity index (χ0) is 14.0. The summed E-state index contributed by atoms with van der Waals surface area (Å²) < 4.78 is 3.02. The Morgan fingerprint density at radius 1 is 1.37 bits per heavy atom. The highest BCUT2D eigenvalue weighted by molar-refractivity contribution is 9.10. The quantitative estimate of drug-likeness (QED) is 0.913. The van der Waals surface area contributed by atoms with Crippen molar-refractivity contribution in [1.82, 2.24) is 9.78 Å². The summed E-state index contributed by atoms with van der Waals surface area (Å²) in [5.41, 5.74) is 4.82. The molecule has 4 heteroatoms. The second kappa shape index (κ2) is 5.78. The van der Waals surface area contributed by atoms with Gasteiger partial charge >= 0.3 is 0 Å². The van der Waals surface area contributed by atoms with E-state index in [1.165, 1.54) is 16.8 Å². The average molecular weight is 322 g/mol. The molecule has 0 bridgehead atoms. The summed E-state index contributed by atoms with van der Waals surface area (Å²) in [6, 6.07) is 6.21. The van der Waals surface area contributed by atoms with Gasteiger partial charge in [-0.05, 0) is 30.5 Å². The third-order valence-electron chi connectivity index (χ3n) is 3.22. The van der Waals surface area contributed by atoms with Crippen LogP contribution in [0.1, 0.15) is 36.6 Å². The fraction of sp³-hybridized carbons (Fsp3) is 0.400. The molecule has 0 aliphatic rings. The molecule has 0 atom stereocenters. The molecule has 0 saturated carbocycles. The van der Waals surface area contributed by atoms with E-state index in [-0.39, 0.29) is 0 Å². The Kier molecular flexibility index (Phi) is 4.30. The van der Waals surface area contributed by atoms with Gasteiger partial charge < -0.3 is 5.32 Å². The maximum atomic E-state index is 4.53. The molecular weight excluding hydrogens is 302 g/mol. The summed E-state index contributed by atoms with van der Waals surface area (Å²) >= 11 is 3.56. The van der Waals surface area contributed by atoms with Crippen molar-refractivity contribution in [2.45, 2.75) is 33.2 Å². The maximum Gasteiger partial charge on any atom is 0.0699 e. The van der Waals surface area contributed by atoms with E-state index in [9.17, 15) is 0 Å². The molecule has 0 saturated heterocycles. The van der Waals surface area contributed by atoms with Crippen LogP contribution in [0, 0.1) is 6.92 Å². The van der Waals surface area contributed by atoms with Crippen molar-refractivity contribution >= 4 is 21.6 Å². The highest BCUT2D eigenvalue weighted by Gasteiger charge is 2.11. The van der Waals surface area contributed by atoms with Crippen LogP contribution in [0.2, 0.25) is 0 Å². The first-order chi connectivity index (χ1) is 8.99. The van der Waals surface area contributed by atoms with Gasteiger partial charge in [0.2, 0.25) is 0 Å². The van der Waals surface area contributed by atoms with E-state index >= 15 is 0 Å². The number of rotatable bonds is 4. The Balaban J connectivity index is 2.17. The third-order valence-corrected chi connectivity index (χ3v) is 4.08. The van der Waals surface area contributed by atoms with Crippen LogP contribution in [-0.2, 0) is 13.6 Å². The van der Waals surface area contributed by atoms with Crippen molar-refractivity contribution in [2.24, 2.45) is 7.05 Å². The monoisotopic (exact) mass is 321 g/mol. The van der Waals surface area contributed by atoms with E-state index in [1.54, 1.807) is 0 Å². The van der Waals surface area contributed by atoms with Crippen molar-refractivity contribution in [1.29, 1.82) is 0 Å². The number of aromatic nitrogens is 2. The Morgan fingerprint density at radius 2 is 2.11 bits per heavy atom. The fourth-order valence-corrected chi connectivity index (χ4v) is 2.53. The summed E-state index contributed by atoms with van der Waals surface area (Å²) in [7, 11) is 1.97. The normalized spacial score (nSPS) is 11.1. The molecule has 0 fully saturated rings. The number of halogens is 1. The lowest BCUT2D eigenvalue weighted by molar-refractivity contribution is 0.712. The van der Waals surface area contributed by atoms with E-state index in [2.05, 4.69) is 65.4 Å². The number of benzene rings is 1. The van der Waals surface area contributed by atoms with Gasteiger partial charge in [0.15, 0.2) is 0 Å². The zero-order valence-electron chi connectivity index (χ0n) is 11.9. The number of hydrogen-bond acceptors (Lipinski definition) is 2. The topological polar surface area (TPSA) is 29.9 Å². The van der Waals surface area contributed by atoms with Crippen LogP contribution in [0.4, 0.5) is 5.69 Å². The molecule has 1 aromatic carbocycles. The maximum absolute atomic E-state index is 4.53. The Bertz CT molecular complexity index is 573. The summed E-state index contributed by atoms with van der Waals surface area (Å²) in [4.78, 5) is 0. The smallest absolute Gasteiger partial charge is 0.0699 e. The van der Waals surface area contributed by atoms with Crippen LogP contribution in [0.5, 0.6) is 0 Å². The van der Waals surface area contributed by atoms with E-state index in [1.807, 2.05) is 17.8 Å². The lowest BCUT2D eigenvalue weighted by Gasteiger charge is -2.11. The minimum absolute atomic E-state index is 0.446. The third kappa shape index (κ3) is 3.18. The first kappa shape index (κ1) is 14.1. The molecule has 3 nitrogen and oxygen atoms in total. The van der Waals surface area contributed by atoms with Crippen LogP contribution < -0.4 is 5.32 Å². The van der Waals surface area contributed by atoms with Gasteiger partial charge in [-0.25, -0.2) is 0 Å². The minimum Gasteiger partial charge on any atom is -0.381 e. The van der Waals surface area contributed by atoms with Crippen LogP contribution in [-0.4, -0.2) is 9.78 Å². The molecule has 0 amide bonds. The average Bonchev–Trinajstić information content (AvgIpc) is 2.73. The van der Waals surface area contributed by atoms with Gasteiger partial charge in [-0.3, -0.25) is 4.68 Å². The van der Waals surface area contributed by atoms with Gasteiger partial charge in [-0.15, -0.1) is 0 Å². The molecule has 1 aromatic heterocycles. The molecule has 0 aliphatic heterocycles. The molecule has 19 heavy (non-hydrogen) atoms. The molecule has 2 aromatic rings. The van der Waals surface area contributed by atoms with E-state index in [0.29, 0.717) is 5.92 Å². The molecule has 102 valence electrons. The highest BCUT2D eigenvalue weighted by atomic mass is 79.9. The standard InChI is InChI=1S/C15H20BrN3/c1-10(2)15-12(9-19(4)18-15)8-17-14-7-5-6-13(16)11(14)3/h5-7,9-10,17H,8H2,1-4H3. The van der Waals surface area contributed by atoms with Crippen molar-refractivity contribution in [3.8, 4) is 0 Å². The van der Waals surface area contributed by atoms with Crippen LogP contribution in [0.25, 0.3) is 0 Å². The second-order valence-corrected chi connectivity index (χ2v) is 5.99. The lowest BCUT2D eigenvalue weighted by Crippen LogP contribution is -2.03. The largest absolute Gasteiger partial charge is 0.381 e. The molecule has 0 aliphatic carbocycles. The molecule has 0 unspecified atom stereocenters. The number of hydrogen-bond donors (Lipinski definition) is 1. The predicted octanol–water partition coefficient (Wildman–Crippen LogP) is 4.23. The SMILES string of the molecule is Cc1c(Br)cccc1NCc1cn(C)nc1C(C)C. The van der Waals surface area contributed by atoms with Gasteiger partial charge in [0.25, 0.3) is 0 Å². The number of aryl methyl sites for hydroxylation is 1. The summed E-state index contributed by atoms with van der Waals surface area (Å²) in [6.07, 6.45) is 2.09. The van der Waals surface area contributed by atoms with E-state index < -0.39 is 0 Å². The molecule has 1 heterocycles. The van der Waals surface area contributed by atoms with E-state index in [4.69, 9.17) is 0 Å². The van der Waals surface area contributed by atoms with Crippen LogP contribution in [0.3, 0.4) is 0 Å². The van der Waals surface area contributed by atoms with Crippen LogP contribution >= 0.6 is 15.9 Å². The van der Waals surface area contributed by atoms with Crippen molar-refractivity contribution in [3.63, 3.8) is 0 Å². The first-order valence-electron chi connectivity index (χ1n) is 6.50. The van der Waals surface area contributed by atoms with Crippen LogP contribution in [0.15, 0.2) is 28.9 Å². The number of nitrogens with zero attached hydrogens (tertiary/aromatic N) is 2. The van der Waals surface area contributed by atoms with Gasteiger partial charge in [0.1, 0.15) is 0 Å². The highest BCUT2D eigenvalue weighted by Crippen LogP contribution is 2.25.